The van der Waals surface area contributed by atoms with Crippen molar-refractivity contribution in [1.29, 1.82) is 0 Å². The molecule has 0 unspecified atom stereocenters. The van der Waals surface area contributed by atoms with Crippen LogP contribution in [0.25, 0.3) is 33.4 Å². The maximum Gasteiger partial charge on any atom is 0.0726 e. The van der Waals surface area contributed by atoms with Crippen LogP contribution in [0.2, 0.25) is 0 Å². The van der Waals surface area contributed by atoms with E-state index in [0.29, 0.717) is 0 Å². The predicted octanol–water partition coefficient (Wildman–Crippen LogP) is 8.46. The summed E-state index contributed by atoms with van der Waals surface area (Å²) < 4.78 is 1.12. The Morgan fingerprint density at radius 3 is 1.62 bits per heavy atom. The molecular formula is C31H19Br. The van der Waals surface area contributed by atoms with Gasteiger partial charge in [-0.1, -0.05) is 113 Å². The Kier molecular flexibility index (Phi) is 3.72. The summed E-state index contributed by atoms with van der Waals surface area (Å²) in [6.45, 7) is 0. The first-order valence-corrected chi connectivity index (χ1v) is 11.8. The minimum atomic E-state index is -0.299. The molecule has 0 saturated heterocycles. The van der Waals surface area contributed by atoms with Crippen molar-refractivity contribution in [3.8, 4) is 33.4 Å². The van der Waals surface area contributed by atoms with Gasteiger partial charge in [0.25, 0.3) is 0 Å². The lowest BCUT2D eigenvalue weighted by atomic mass is 9.70. The molecule has 7 rings (SSSR count). The van der Waals surface area contributed by atoms with Crippen molar-refractivity contribution in [3.05, 3.63) is 142 Å². The summed E-state index contributed by atoms with van der Waals surface area (Å²) in [6, 6.07) is 42.4. The third kappa shape index (κ3) is 2.22. The van der Waals surface area contributed by atoms with Crippen LogP contribution in [-0.4, -0.2) is 0 Å². The lowest BCUT2D eigenvalue weighted by Gasteiger charge is -2.30. The first-order chi connectivity index (χ1) is 15.8. The summed E-state index contributed by atoms with van der Waals surface area (Å²) >= 11 is 3.77. The van der Waals surface area contributed by atoms with Crippen molar-refractivity contribution >= 4 is 15.9 Å². The Morgan fingerprint density at radius 1 is 0.406 bits per heavy atom. The van der Waals surface area contributed by atoms with Crippen LogP contribution in [0.3, 0.4) is 0 Å². The molecule has 0 heterocycles. The topological polar surface area (TPSA) is 0 Å². The number of benzene rings is 5. The highest BCUT2D eigenvalue weighted by Gasteiger charge is 2.51. The molecule has 0 aliphatic heterocycles. The number of hydrogen-bond donors (Lipinski definition) is 0. The highest BCUT2D eigenvalue weighted by atomic mass is 79.9. The van der Waals surface area contributed by atoms with Crippen molar-refractivity contribution in [1.82, 2.24) is 0 Å². The van der Waals surface area contributed by atoms with Crippen LogP contribution in [0.1, 0.15) is 22.3 Å². The van der Waals surface area contributed by atoms with Crippen LogP contribution in [0, 0.1) is 0 Å². The highest BCUT2D eigenvalue weighted by Crippen LogP contribution is 2.63. The van der Waals surface area contributed by atoms with Gasteiger partial charge in [0.1, 0.15) is 0 Å². The summed E-state index contributed by atoms with van der Waals surface area (Å²) in [4.78, 5) is 0. The molecule has 0 fully saturated rings. The monoisotopic (exact) mass is 470 g/mol. The molecule has 2 aliphatic carbocycles. The van der Waals surface area contributed by atoms with Crippen LogP contribution in [0.5, 0.6) is 0 Å². The summed E-state index contributed by atoms with van der Waals surface area (Å²) in [6.07, 6.45) is 0. The molecule has 150 valence electrons. The smallest absolute Gasteiger partial charge is 0.0622 e. The van der Waals surface area contributed by atoms with E-state index in [-0.39, 0.29) is 5.41 Å². The summed E-state index contributed by atoms with van der Waals surface area (Å²) in [7, 11) is 0. The summed E-state index contributed by atoms with van der Waals surface area (Å²) in [5.74, 6) is 0. The average Bonchev–Trinajstić information content (AvgIpc) is 3.31. The third-order valence-electron chi connectivity index (χ3n) is 7.16. The van der Waals surface area contributed by atoms with Gasteiger partial charge in [0, 0.05) is 4.47 Å². The fraction of sp³-hybridized carbons (Fsp3) is 0.0323. The van der Waals surface area contributed by atoms with Crippen molar-refractivity contribution in [2.24, 2.45) is 0 Å². The Labute approximate surface area is 196 Å². The lowest BCUT2D eigenvalue weighted by Crippen LogP contribution is -2.25. The molecule has 0 atom stereocenters. The quantitative estimate of drug-likeness (QED) is 0.225. The third-order valence-corrected chi connectivity index (χ3v) is 7.65. The van der Waals surface area contributed by atoms with E-state index in [1.807, 2.05) is 0 Å². The number of fused-ring (bicyclic) bond motifs is 10. The zero-order valence-electron chi connectivity index (χ0n) is 17.3. The van der Waals surface area contributed by atoms with Gasteiger partial charge in [-0.25, -0.2) is 0 Å². The molecule has 0 amide bonds. The molecule has 0 nitrogen and oxygen atoms in total. The van der Waals surface area contributed by atoms with E-state index in [2.05, 4.69) is 131 Å². The largest absolute Gasteiger partial charge is 0.0726 e. The Balaban J connectivity index is 1.65. The van der Waals surface area contributed by atoms with Crippen LogP contribution < -0.4 is 0 Å². The van der Waals surface area contributed by atoms with E-state index in [4.69, 9.17) is 0 Å². The number of halogens is 1. The molecule has 0 saturated carbocycles. The Hall–Kier alpha value is -3.42. The molecule has 32 heavy (non-hydrogen) atoms. The normalized spacial score (nSPS) is 14.0. The van der Waals surface area contributed by atoms with Crippen molar-refractivity contribution in [2.75, 3.05) is 0 Å². The van der Waals surface area contributed by atoms with E-state index in [0.717, 1.165) is 4.47 Å². The van der Waals surface area contributed by atoms with E-state index >= 15 is 0 Å². The molecular weight excluding hydrogens is 452 g/mol. The van der Waals surface area contributed by atoms with E-state index in [9.17, 15) is 0 Å². The second-order valence-electron chi connectivity index (χ2n) is 8.66. The van der Waals surface area contributed by atoms with Crippen molar-refractivity contribution in [3.63, 3.8) is 0 Å². The fourth-order valence-electron chi connectivity index (χ4n) is 5.92. The first-order valence-electron chi connectivity index (χ1n) is 11.0. The van der Waals surface area contributed by atoms with E-state index in [1.165, 1.54) is 55.6 Å². The van der Waals surface area contributed by atoms with Crippen LogP contribution in [0.15, 0.2) is 120 Å². The molecule has 1 spiro atoms. The molecule has 2 aliphatic rings. The molecule has 5 aromatic rings. The lowest BCUT2D eigenvalue weighted by molar-refractivity contribution is 0.793. The number of hydrogen-bond acceptors (Lipinski definition) is 0. The maximum atomic E-state index is 3.77. The Bertz CT molecular complexity index is 1480. The Morgan fingerprint density at radius 2 is 0.938 bits per heavy atom. The van der Waals surface area contributed by atoms with Gasteiger partial charge in [0.2, 0.25) is 0 Å². The van der Waals surface area contributed by atoms with Crippen LogP contribution in [-0.2, 0) is 5.41 Å². The van der Waals surface area contributed by atoms with Gasteiger partial charge in [-0.15, -0.1) is 0 Å². The molecule has 1 heteroatoms. The van der Waals surface area contributed by atoms with Gasteiger partial charge >= 0.3 is 0 Å². The minimum absolute atomic E-state index is 0.299. The summed E-state index contributed by atoms with van der Waals surface area (Å²) in [5.41, 5.74) is 13.1. The average molecular weight is 471 g/mol. The van der Waals surface area contributed by atoms with Crippen molar-refractivity contribution < 1.29 is 0 Å². The zero-order chi connectivity index (χ0) is 21.3. The van der Waals surface area contributed by atoms with Gasteiger partial charge in [0.05, 0.1) is 5.41 Å². The van der Waals surface area contributed by atoms with Gasteiger partial charge in [-0.05, 0) is 73.8 Å². The minimum Gasteiger partial charge on any atom is -0.0622 e. The zero-order valence-corrected chi connectivity index (χ0v) is 18.9. The number of rotatable bonds is 1. The second kappa shape index (κ2) is 6.54. The first kappa shape index (κ1) is 18.2. The molecule has 0 bridgehead atoms. The summed E-state index contributed by atoms with van der Waals surface area (Å²) in [5, 5.41) is 0. The van der Waals surface area contributed by atoms with Crippen LogP contribution in [0.4, 0.5) is 0 Å². The van der Waals surface area contributed by atoms with E-state index in [1.54, 1.807) is 0 Å². The second-order valence-corrected chi connectivity index (χ2v) is 9.57. The molecule has 5 aromatic carbocycles. The van der Waals surface area contributed by atoms with Crippen LogP contribution >= 0.6 is 15.9 Å². The SMILES string of the molecule is Brc1ccc2c(c1)C1(c3ccccc3-c3ccccc31)c1cc(-c3ccccc3)ccc1-2. The van der Waals surface area contributed by atoms with Crippen molar-refractivity contribution in [2.45, 2.75) is 5.41 Å². The van der Waals surface area contributed by atoms with E-state index < -0.39 is 0 Å². The molecule has 0 aromatic heterocycles. The van der Waals surface area contributed by atoms with Gasteiger partial charge in [-0.2, -0.15) is 0 Å². The predicted molar refractivity (Wildman–Crippen MR) is 136 cm³/mol. The molecule has 0 N–H and O–H groups in total. The van der Waals surface area contributed by atoms with Gasteiger partial charge in [-0.3, -0.25) is 0 Å². The maximum absolute atomic E-state index is 3.77. The van der Waals surface area contributed by atoms with Gasteiger partial charge < -0.3 is 0 Å². The fourth-order valence-corrected chi connectivity index (χ4v) is 6.28. The highest BCUT2D eigenvalue weighted by molar-refractivity contribution is 9.10. The van der Waals surface area contributed by atoms with Gasteiger partial charge in [0.15, 0.2) is 0 Å². The molecule has 0 radical (unpaired) electrons. The standard InChI is InChI=1S/C31H19Br/c32-22-15-17-26-25-16-14-21(20-8-2-1-3-9-20)18-29(25)31(30(26)19-22)27-12-6-4-10-23(27)24-11-5-7-13-28(24)31/h1-19H.